The zero-order chi connectivity index (χ0) is 31.3. The number of benzene rings is 1. The maximum absolute atomic E-state index is 15.4. The van der Waals surface area contributed by atoms with Gasteiger partial charge < -0.3 is 28.5 Å². The van der Waals surface area contributed by atoms with Crippen molar-refractivity contribution in [2.75, 3.05) is 13.2 Å². The maximum Gasteiger partial charge on any atom is 0.410 e. The van der Waals surface area contributed by atoms with Crippen molar-refractivity contribution in [2.24, 2.45) is 11.3 Å². The summed E-state index contributed by atoms with van der Waals surface area (Å²) in [6.07, 6.45) is 2.32. The highest BCUT2D eigenvalue weighted by molar-refractivity contribution is 6.48. The first-order valence-electron chi connectivity index (χ1n) is 14.3. The average Bonchev–Trinajstić information content (AvgIpc) is 3.60. The van der Waals surface area contributed by atoms with Crippen LogP contribution in [0.25, 0.3) is 10.9 Å². The molecule has 1 radical (unpaired) electrons. The van der Waals surface area contributed by atoms with Gasteiger partial charge in [0.2, 0.25) is 20.3 Å². The molecule has 3 atom stereocenters. The highest BCUT2D eigenvalue weighted by Crippen LogP contribution is 2.42. The van der Waals surface area contributed by atoms with E-state index in [1.165, 1.54) is 10.8 Å². The maximum atomic E-state index is 15.4. The van der Waals surface area contributed by atoms with Gasteiger partial charge in [0.1, 0.15) is 17.8 Å². The first kappa shape index (κ1) is 31.9. The van der Waals surface area contributed by atoms with Crippen LogP contribution in [0, 0.1) is 23.0 Å². The number of carboxylic acids is 1. The number of ether oxygens (including phenoxy) is 2. The molecule has 42 heavy (non-hydrogen) atoms. The molecule has 4 rings (SSSR count). The number of amides is 1. The van der Waals surface area contributed by atoms with E-state index in [9.17, 15) is 23.9 Å². The molecule has 0 spiro atoms. The quantitative estimate of drug-likeness (QED) is 0.367. The number of nitrogens with zero attached hydrogens (tertiary/aromatic N) is 2. The van der Waals surface area contributed by atoms with Crippen LogP contribution in [0.5, 0.6) is 5.75 Å². The molecule has 9 nitrogen and oxygen atoms in total. The lowest BCUT2D eigenvalue weighted by Gasteiger charge is -2.36. The number of likely N-dealkylation sites (tertiary alicyclic amines) is 1. The molecule has 1 saturated carbocycles. The van der Waals surface area contributed by atoms with Gasteiger partial charge in [0.05, 0.1) is 23.0 Å². The van der Waals surface area contributed by atoms with Gasteiger partial charge in [-0.25, -0.2) is 14.0 Å². The number of aromatic nitrogens is 1. The van der Waals surface area contributed by atoms with Crippen LogP contribution in [0.3, 0.4) is 0 Å². The molecule has 2 aromatic rings. The Morgan fingerprint density at radius 1 is 1.14 bits per heavy atom. The summed E-state index contributed by atoms with van der Waals surface area (Å²) in [5.74, 6) is -4.60. The summed E-state index contributed by atoms with van der Waals surface area (Å²) in [4.78, 5) is 39.6. The van der Waals surface area contributed by atoms with Gasteiger partial charge in [-0.15, -0.1) is 0 Å². The number of halogens is 2. The van der Waals surface area contributed by atoms with Crippen molar-refractivity contribution in [1.82, 2.24) is 9.47 Å². The van der Waals surface area contributed by atoms with Crippen molar-refractivity contribution in [1.29, 1.82) is 0 Å². The minimum atomic E-state index is -1.45. The SMILES string of the molecule is C[Si](C)OC([C@H]1C[C@@H](COc2c(F)c(F)cc3c(=O)c(C(=O)O)cn(C4CC4)c23)N(C(=O)OC(C)(C)C)C1)C(C)(C)C. The van der Waals surface area contributed by atoms with Crippen molar-refractivity contribution < 1.29 is 37.4 Å². The molecule has 2 aliphatic rings. The standard InChI is InChI=1S/C30H41F2N2O7Si/c1-29(2,3)26(41-42(7)8)16-11-18(34(13-16)28(38)40-30(4,5)6)15-39-25-22(32)21(31)12-19-23(25)33(17-9-10-17)14-20(24(19)35)27(36)37/h12,14,16-18,26H,9-11,13,15H2,1-8H3,(H,36,37)/t16-,18-,26?/m0/s1. The highest BCUT2D eigenvalue weighted by Gasteiger charge is 2.45. The number of hydrogen-bond acceptors (Lipinski definition) is 6. The second-order valence-corrected chi connectivity index (χ2v) is 15.7. The van der Waals surface area contributed by atoms with E-state index in [0.29, 0.717) is 25.8 Å². The third-order valence-corrected chi connectivity index (χ3v) is 8.20. The Kier molecular flexibility index (Phi) is 8.81. The lowest BCUT2D eigenvalue weighted by atomic mass is 9.80. The number of hydrogen-bond donors (Lipinski definition) is 1. The second-order valence-electron chi connectivity index (χ2n) is 13.6. The molecule has 2 heterocycles. The molecular weight excluding hydrogens is 566 g/mol. The van der Waals surface area contributed by atoms with E-state index >= 15 is 4.39 Å². The molecule has 1 aromatic carbocycles. The number of pyridine rings is 1. The first-order chi connectivity index (χ1) is 19.4. The molecule has 1 aromatic heterocycles. The summed E-state index contributed by atoms with van der Waals surface area (Å²) in [5, 5.41) is 9.29. The lowest BCUT2D eigenvalue weighted by Crippen LogP contribution is -2.43. The van der Waals surface area contributed by atoms with Gasteiger partial charge in [0, 0.05) is 24.7 Å². The van der Waals surface area contributed by atoms with Crippen LogP contribution in [0.15, 0.2) is 17.1 Å². The predicted molar refractivity (Wildman–Crippen MR) is 155 cm³/mol. The third kappa shape index (κ3) is 6.80. The summed E-state index contributed by atoms with van der Waals surface area (Å²) in [5.41, 5.74) is -2.42. The summed E-state index contributed by atoms with van der Waals surface area (Å²) in [6, 6.07) is 0.000180. The van der Waals surface area contributed by atoms with E-state index in [4.69, 9.17) is 13.9 Å². The van der Waals surface area contributed by atoms with Gasteiger partial charge in [-0.1, -0.05) is 20.8 Å². The Morgan fingerprint density at radius 3 is 2.31 bits per heavy atom. The lowest BCUT2D eigenvalue weighted by molar-refractivity contribution is 0.0134. The zero-order valence-electron chi connectivity index (χ0n) is 25.5. The van der Waals surface area contributed by atoms with Gasteiger partial charge in [0.15, 0.2) is 11.6 Å². The number of carboxylic acid groups (broad SMARTS) is 1. The molecule has 1 unspecified atom stereocenters. The van der Waals surface area contributed by atoms with E-state index in [1.807, 2.05) is 0 Å². The number of carbonyl (C=O) groups excluding carboxylic acids is 1. The monoisotopic (exact) mass is 607 g/mol. The van der Waals surface area contributed by atoms with Crippen LogP contribution in [0.2, 0.25) is 13.1 Å². The Morgan fingerprint density at radius 2 is 1.79 bits per heavy atom. The molecular formula is C30H41F2N2O7Si. The van der Waals surface area contributed by atoms with Crippen LogP contribution in [-0.2, 0) is 9.16 Å². The molecule has 1 aliphatic heterocycles. The topological polar surface area (TPSA) is 107 Å². The predicted octanol–water partition coefficient (Wildman–Crippen LogP) is 6.00. The minimum absolute atomic E-state index is 0.00451. The molecule has 12 heteroatoms. The van der Waals surface area contributed by atoms with Gasteiger partial charge in [-0.3, -0.25) is 4.79 Å². The summed E-state index contributed by atoms with van der Waals surface area (Å²) in [6.45, 7) is 15.8. The van der Waals surface area contributed by atoms with E-state index in [-0.39, 0.29) is 41.0 Å². The molecule has 1 aliphatic carbocycles. The third-order valence-electron chi connectivity index (χ3n) is 7.48. The number of carbonyl (C=O) groups is 2. The van der Waals surface area contributed by atoms with Gasteiger partial charge in [-0.05, 0) is 64.6 Å². The first-order valence-corrected chi connectivity index (χ1v) is 16.7. The summed E-state index contributed by atoms with van der Waals surface area (Å²) >= 11 is 0. The van der Waals surface area contributed by atoms with Crippen LogP contribution in [0.1, 0.15) is 77.2 Å². The van der Waals surface area contributed by atoms with Crippen molar-refractivity contribution in [3.8, 4) is 5.75 Å². The Balaban J connectivity index is 1.74. The van der Waals surface area contributed by atoms with Crippen molar-refractivity contribution >= 4 is 32.0 Å². The number of fused-ring (bicyclic) bond motifs is 1. The van der Waals surface area contributed by atoms with E-state index < -0.39 is 61.1 Å². The van der Waals surface area contributed by atoms with Crippen LogP contribution < -0.4 is 10.2 Å². The van der Waals surface area contributed by atoms with Crippen molar-refractivity contribution in [3.05, 3.63) is 39.7 Å². The smallest absolute Gasteiger partial charge is 0.410 e. The Bertz CT molecular complexity index is 1430. The fourth-order valence-corrected chi connectivity index (χ4v) is 6.70. The van der Waals surface area contributed by atoms with Crippen molar-refractivity contribution in [2.45, 2.75) is 97.7 Å². The number of rotatable bonds is 8. The van der Waals surface area contributed by atoms with Gasteiger partial charge in [0.25, 0.3) is 0 Å². The molecule has 231 valence electrons. The highest BCUT2D eigenvalue weighted by atomic mass is 28.3. The van der Waals surface area contributed by atoms with Crippen LogP contribution in [-0.4, -0.2) is 66.6 Å². The van der Waals surface area contributed by atoms with Crippen LogP contribution in [0.4, 0.5) is 13.6 Å². The zero-order valence-corrected chi connectivity index (χ0v) is 26.5. The summed E-state index contributed by atoms with van der Waals surface area (Å²) in [7, 11) is -1.08. The molecule has 2 fully saturated rings. The largest absolute Gasteiger partial charge is 0.486 e. The molecule has 1 amide bonds. The normalized spacial score (nSPS) is 20.3. The van der Waals surface area contributed by atoms with Crippen molar-refractivity contribution in [3.63, 3.8) is 0 Å². The molecule has 1 N–H and O–H groups in total. The average molecular weight is 608 g/mol. The minimum Gasteiger partial charge on any atom is -0.486 e. The fourth-order valence-electron chi connectivity index (χ4n) is 5.64. The second kappa shape index (κ2) is 11.6. The fraction of sp³-hybridized carbons (Fsp3) is 0.633. The van der Waals surface area contributed by atoms with Gasteiger partial charge >= 0.3 is 12.1 Å². The molecule has 1 saturated heterocycles. The van der Waals surface area contributed by atoms with Crippen LogP contribution >= 0.6 is 0 Å². The summed E-state index contributed by atoms with van der Waals surface area (Å²) < 4.78 is 49.8. The van der Waals surface area contributed by atoms with E-state index in [0.717, 1.165) is 6.07 Å². The van der Waals surface area contributed by atoms with Gasteiger partial charge in [-0.2, -0.15) is 4.39 Å². The number of aromatic carboxylic acids is 1. The van der Waals surface area contributed by atoms with E-state index in [2.05, 4.69) is 33.9 Å². The van der Waals surface area contributed by atoms with E-state index in [1.54, 1.807) is 25.7 Å². The molecule has 0 bridgehead atoms. The Labute approximate surface area is 246 Å². The Hall–Kier alpha value is -2.99.